The summed E-state index contributed by atoms with van der Waals surface area (Å²) >= 11 is 0. The second-order valence-electron chi connectivity index (χ2n) is 12.6. The number of aryl methyl sites for hydroxylation is 4. The molecule has 6 aromatic carbocycles. The Balaban J connectivity index is 1.37. The largest absolute Gasteiger partial charge is 0.497 e. The first kappa shape index (κ1) is 33.1. The zero-order chi connectivity index (χ0) is 34.2. The Labute approximate surface area is 292 Å². The van der Waals surface area contributed by atoms with Gasteiger partial charge in [-0.05, 0) is 97.5 Å². The summed E-state index contributed by atoms with van der Waals surface area (Å²) in [5.41, 5.74) is 15.3. The van der Waals surface area contributed by atoms with Crippen LogP contribution in [-0.4, -0.2) is 7.11 Å². The van der Waals surface area contributed by atoms with E-state index in [1.54, 1.807) is 7.11 Å². The van der Waals surface area contributed by atoms with Gasteiger partial charge in [0.1, 0.15) is 5.75 Å². The summed E-state index contributed by atoms with van der Waals surface area (Å²) in [4.78, 5) is 2.26. The molecule has 0 aromatic heterocycles. The van der Waals surface area contributed by atoms with Crippen LogP contribution in [0.2, 0.25) is 0 Å². The molecule has 2 heteroatoms. The topological polar surface area (TPSA) is 12.5 Å². The van der Waals surface area contributed by atoms with Crippen LogP contribution in [0.3, 0.4) is 0 Å². The van der Waals surface area contributed by atoms with Crippen molar-refractivity contribution in [3.05, 3.63) is 214 Å². The van der Waals surface area contributed by atoms with Crippen molar-refractivity contribution in [1.29, 1.82) is 0 Å². The standard InChI is InChI=1S/C47H43NO/c1-34-9-19-39(20-10-34)46(40-21-11-35(2)12-22-40)8-6-7-38-17-27-43(28-18-38)48(44-29-31-45(49-5)32-30-44)33-47(41-23-13-36(3)14-24-41)42-25-15-37(4)16-26-42/h6-33H,1-5H3. The van der Waals surface area contributed by atoms with Gasteiger partial charge in [0.25, 0.3) is 0 Å². The molecule has 0 atom stereocenters. The van der Waals surface area contributed by atoms with Gasteiger partial charge in [-0.1, -0.05) is 150 Å². The third-order valence-electron chi connectivity index (χ3n) is 8.78. The fourth-order valence-electron chi connectivity index (χ4n) is 5.78. The minimum Gasteiger partial charge on any atom is -0.497 e. The van der Waals surface area contributed by atoms with E-state index in [0.29, 0.717) is 0 Å². The van der Waals surface area contributed by atoms with Gasteiger partial charge in [0, 0.05) is 23.1 Å². The predicted molar refractivity (Wildman–Crippen MR) is 209 cm³/mol. The number of hydrogen-bond donors (Lipinski definition) is 0. The molecule has 0 aliphatic heterocycles. The molecule has 0 saturated heterocycles. The minimum absolute atomic E-state index is 0.828. The number of nitrogens with zero attached hydrogens (tertiary/aromatic N) is 1. The Morgan fingerprint density at radius 2 is 0.816 bits per heavy atom. The highest BCUT2D eigenvalue weighted by molar-refractivity contribution is 5.85. The zero-order valence-electron chi connectivity index (χ0n) is 29.0. The Morgan fingerprint density at radius 1 is 0.449 bits per heavy atom. The molecule has 0 amide bonds. The van der Waals surface area contributed by atoms with Crippen molar-refractivity contribution >= 4 is 28.6 Å². The van der Waals surface area contributed by atoms with Gasteiger partial charge in [-0.2, -0.15) is 0 Å². The quantitative estimate of drug-likeness (QED) is 0.139. The smallest absolute Gasteiger partial charge is 0.119 e. The van der Waals surface area contributed by atoms with Gasteiger partial charge < -0.3 is 9.64 Å². The maximum atomic E-state index is 5.49. The van der Waals surface area contributed by atoms with Crippen LogP contribution in [0.4, 0.5) is 11.4 Å². The first-order valence-electron chi connectivity index (χ1n) is 16.8. The summed E-state index contributed by atoms with van der Waals surface area (Å²) in [5.74, 6) is 0.828. The maximum absolute atomic E-state index is 5.49. The van der Waals surface area contributed by atoms with Crippen molar-refractivity contribution < 1.29 is 4.74 Å². The van der Waals surface area contributed by atoms with Gasteiger partial charge in [-0.3, -0.25) is 0 Å². The molecule has 0 bridgehead atoms. The number of methoxy groups -OCH3 is 1. The third-order valence-corrected chi connectivity index (χ3v) is 8.78. The molecule has 0 radical (unpaired) electrons. The minimum atomic E-state index is 0.828. The molecule has 49 heavy (non-hydrogen) atoms. The number of rotatable bonds is 10. The van der Waals surface area contributed by atoms with Crippen molar-refractivity contribution in [2.75, 3.05) is 12.0 Å². The summed E-state index contributed by atoms with van der Waals surface area (Å²) in [5, 5.41) is 0. The van der Waals surface area contributed by atoms with Crippen LogP contribution in [-0.2, 0) is 0 Å². The van der Waals surface area contributed by atoms with E-state index in [9.17, 15) is 0 Å². The SMILES string of the molecule is COc1ccc(N(C=C(c2ccc(C)cc2)c2ccc(C)cc2)c2ccc(C=CC=C(c3ccc(C)cc3)c3ccc(C)cc3)cc2)cc1. The highest BCUT2D eigenvalue weighted by Crippen LogP contribution is 2.33. The molecular weight excluding hydrogens is 595 g/mol. The molecule has 0 spiro atoms. The molecule has 0 saturated carbocycles. The summed E-state index contributed by atoms with van der Waals surface area (Å²) in [7, 11) is 1.70. The van der Waals surface area contributed by atoms with E-state index in [1.807, 2.05) is 12.1 Å². The molecule has 0 fully saturated rings. The van der Waals surface area contributed by atoms with Crippen LogP contribution in [0.1, 0.15) is 50.1 Å². The second-order valence-corrected chi connectivity index (χ2v) is 12.6. The molecule has 0 aliphatic carbocycles. The van der Waals surface area contributed by atoms with E-state index in [4.69, 9.17) is 4.74 Å². The lowest BCUT2D eigenvalue weighted by Crippen LogP contribution is -2.10. The first-order valence-corrected chi connectivity index (χ1v) is 16.8. The molecule has 242 valence electrons. The lowest BCUT2D eigenvalue weighted by atomic mass is 9.96. The molecule has 0 heterocycles. The predicted octanol–water partition coefficient (Wildman–Crippen LogP) is 12.3. The number of anilines is 2. The van der Waals surface area contributed by atoms with Crippen LogP contribution in [0.25, 0.3) is 17.2 Å². The van der Waals surface area contributed by atoms with Crippen LogP contribution in [0.15, 0.2) is 164 Å². The monoisotopic (exact) mass is 637 g/mol. The average Bonchev–Trinajstić information content (AvgIpc) is 3.13. The molecule has 6 aromatic rings. The highest BCUT2D eigenvalue weighted by atomic mass is 16.5. The molecule has 6 rings (SSSR count). The Bertz CT molecular complexity index is 1970. The number of ether oxygens (including phenoxy) is 1. The fourth-order valence-corrected chi connectivity index (χ4v) is 5.78. The van der Waals surface area contributed by atoms with E-state index in [2.05, 4.69) is 190 Å². The Kier molecular flexibility index (Phi) is 10.4. The zero-order valence-corrected chi connectivity index (χ0v) is 29.0. The highest BCUT2D eigenvalue weighted by Gasteiger charge is 2.13. The molecule has 0 aliphatic rings. The van der Waals surface area contributed by atoms with E-state index in [0.717, 1.165) is 39.4 Å². The van der Waals surface area contributed by atoms with E-state index >= 15 is 0 Å². The lowest BCUT2D eigenvalue weighted by molar-refractivity contribution is 0.415. The van der Waals surface area contributed by atoms with E-state index < -0.39 is 0 Å². The lowest BCUT2D eigenvalue weighted by Gasteiger charge is -2.24. The first-order chi connectivity index (χ1) is 23.9. The normalized spacial score (nSPS) is 10.9. The number of hydrogen-bond acceptors (Lipinski definition) is 2. The van der Waals surface area contributed by atoms with Gasteiger partial charge >= 0.3 is 0 Å². The van der Waals surface area contributed by atoms with E-state index in [-0.39, 0.29) is 0 Å². The third kappa shape index (κ3) is 8.36. The van der Waals surface area contributed by atoms with Gasteiger partial charge in [-0.15, -0.1) is 0 Å². The molecule has 0 N–H and O–H groups in total. The van der Waals surface area contributed by atoms with Crippen LogP contribution in [0.5, 0.6) is 5.75 Å². The molecule has 2 nitrogen and oxygen atoms in total. The summed E-state index contributed by atoms with van der Waals surface area (Å²) in [6, 6.07) is 52.0. The van der Waals surface area contributed by atoms with Crippen molar-refractivity contribution in [3.63, 3.8) is 0 Å². The number of allylic oxidation sites excluding steroid dienone is 2. The summed E-state index contributed by atoms with van der Waals surface area (Å²) in [6.07, 6.45) is 8.78. The fraction of sp³-hybridized carbons (Fsp3) is 0.106. The number of benzene rings is 6. The average molecular weight is 638 g/mol. The van der Waals surface area contributed by atoms with Crippen molar-refractivity contribution in [3.8, 4) is 5.75 Å². The summed E-state index contributed by atoms with van der Waals surface area (Å²) < 4.78 is 5.49. The van der Waals surface area contributed by atoms with Gasteiger partial charge in [0.15, 0.2) is 0 Å². The van der Waals surface area contributed by atoms with Gasteiger partial charge in [-0.25, -0.2) is 0 Å². The van der Waals surface area contributed by atoms with Crippen molar-refractivity contribution in [2.45, 2.75) is 27.7 Å². The van der Waals surface area contributed by atoms with Gasteiger partial charge in [0.05, 0.1) is 7.11 Å². The molecule has 0 unspecified atom stereocenters. The maximum Gasteiger partial charge on any atom is 0.119 e. The van der Waals surface area contributed by atoms with Crippen LogP contribution >= 0.6 is 0 Å². The van der Waals surface area contributed by atoms with E-state index in [1.165, 1.54) is 39.0 Å². The van der Waals surface area contributed by atoms with Crippen molar-refractivity contribution in [1.82, 2.24) is 0 Å². The molecular formula is C47H43NO. The summed E-state index contributed by atoms with van der Waals surface area (Å²) in [6.45, 7) is 8.50. The Morgan fingerprint density at radius 3 is 1.20 bits per heavy atom. The van der Waals surface area contributed by atoms with Crippen molar-refractivity contribution in [2.24, 2.45) is 0 Å². The Hall–Kier alpha value is -5.86. The van der Waals surface area contributed by atoms with Crippen LogP contribution < -0.4 is 9.64 Å². The van der Waals surface area contributed by atoms with Gasteiger partial charge in [0.2, 0.25) is 0 Å². The second kappa shape index (κ2) is 15.4. The van der Waals surface area contributed by atoms with Crippen LogP contribution in [0, 0.1) is 27.7 Å².